The van der Waals surface area contributed by atoms with Gasteiger partial charge in [-0.2, -0.15) is 10.4 Å². The molecule has 0 spiro atoms. The van der Waals surface area contributed by atoms with Crippen LogP contribution in [0.15, 0.2) is 84.8 Å². The third-order valence-electron chi connectivity index (χ3n) is 8.35. The highest BCUT2D eigenvalue weighted by Crippen LogP contribution is 2.44. The quantitative estimate of drug-likeness (QED) is 0.118. The molecule has 0 amide bonds. The molecular weight excluding hydrogens is 638 g/mol. The Hall–Kier alpha value is -4.87. The summed E-state index contributed by atoms with van der Waals surface area (Å²) in [5, 5.41) is 15.9. The van der Waals surface area contributed by atoms with Gasteiger partial charge in [0.25, 0.3) is 0 Å². The number of halogens is 2. The maximum absolute atomic E-state index is 15.6. The van der Waals surface area contributed by atoms with Crippen molar-refractivity contribution in [1.29, 1.82) is 5.26 Å². The molecule has 0 unspecified atom stereocenters. The Kier molecular flexibility index (Phi) is 10.3. The zero-order valence-corrected chi connectivity index (χ0v) is 26.9. The van der Waals surface area contributed by atoms with E-state index in [1.165, 1.54) is 30.1 Å². The molecule has 0 saturated carbocycles. The van der Waals surface area contributed by atoms with Gasteiger partial charge in [-0.3, -0.25) is 9.58 Å². The third kappa shape index (κ3) is 7.64. The predicted molar refractivity (Wildman–Crippen MR) is 173 cm³/mol. The SMILES string of the molecule is C[C@](OCOC(=O)c1ccc(CN2CCOCC2)cc1)(c1ccc(F)cc1F)[C@@H](Cn1cncn1)c1nc(-c2ccc(C#N)cc2)cs1. The van der Waals surface area contributed by atoms with E-state index in [1.54, 1.807) is 48.0 Å². The molecule has 1 aliphatic heterocycles. The van der Waals surface area contributed by atoms with Crippen LogP contribution in [0.25, 0.3) is 11.3 Å². The minimum absolute atomic E-state index is 0.0488. The van der Waals surface area contributed by atoms with E-state index >= 15 is 4.39 Å². The normalized spacial score (nSPS) is 15.4. The van der Waals surface area contributed by atoms with Gasteiger partial charge in [-0.1, -0.05) is 30.3 Å². The summed E-state index contributed by atoms with van der Waals surface area (Å²) in [6.07, 6.45) is 2.90. The Morgan fingerprint density at radius 1 is 1.10 bits per heavy atom. The van der Waals surface area contributed by atoms with Gasteiger partial charge >= 0.3 is 5.97 Å². The smallest absolute Gasteiger partial charge is 0.340 e. The van der Waals surface area contributed by atoms with E-state index in [1.807, 2.05) is 17.5 Å². The zero-order valence-electron chi connectivity index (χ0n) is 26.1. The number of aromatic nitrogens is 4. The first-order valence-electron chi connectivity index (χ1n) is 15.3. The Balaban J connectivity index is 1.26. The monoisotopic (exact) mass is 670 g/mol. The van der Waals surface area contributed by atoms with E-state index < -0.39 is 35.9 Å². The van der Waals surface area contributed by atoms with Gasteiger partial charge in [0, 0.05) is 42.2 Å². The summed E-state index contributed by atoms with van der Waals surface area (Å²) in [4.78, 5) is 24.3. The van der Waals surface area contributed by atoms with Crippen LogP contribution in [-0.2, 0) is 32.9 Å². The van der Waals surface area contributed by atoms with E-state index in [0.29, 0.717) is 35.0 Å². The molecule has 3 aromatic carbocycles. The molecule has 246 valence electrons. The summed E-state index contributed by atoms with van der Waals surface area (Å²) in [7, 11) is 0. The number of nitrogens with zero attached hydrogens (tertiary/aromatic N) is 6. The van der Waals surface area contributed by atoms with Crippen molar-refractivity contribution in [2.75, 3.05) is 33.1 Å². The molecule has 1 aliphatic rings. The fourth-order valence-corrected chi connectivity index (χ4v) is 6.64. The minimum atomic E-state index is -1.52. The predicted octanol–water partition coefficient (Wildman–Crippen LogP) is 5.91. The summed E-state index contributed by atoms with van der Waals surface area (Å²) < 4.78 is 48.5. The summed E-state index contributed by atoms with van der Waals surface area (Å²) in [6.45, 7) is 5.14. The number of carbonyl (C=O) groups excluding carboxylic acids is 1. The number of thiazole rings is 1. The van der Waals surface area contributed by atoms with E-state index in [-0.39, 0.29) is 12.1 Å². The van der Waals surface area contributed by atoms with Crippen LogP contribution in [0.5, 0.6) is 0 Å². The number of rotatable bonds is 12. The van der Waals surface area contributed by atoms with Crippen LogP contribution in [0, 0.1) is 23.0 Å². The molecule has 1 fully saturated rings. The highest BCUT2D eigenvalue weighted by molar-refractivity contribution is 7.10. The van der Waals surface area contributed by atoms with Crippen LogP contribution >= 0.6 is 11.3 Å². The molecule has 2 atom stereocenters. The van der Waals surface area contributed by atoms with Crippen molar-refractivity contribution >= 4 is 17.3 Å². The molecule has 0 radical (unpaired) electrons. The summed E-state index contributed by atoms with van der Waals surface area (Å²) in [5.41, 5.74) is 1.88. The lowest BCUT2D eigenvalue weighted by molar-refractivity contribution is -0.134. The Morgan fingerprint density at radius 2 is 1.88 bits per heavy atom. The minimum Gasteiger partial charge on any atom is -0.435 e. The van der Waals surface area contributed by atoms with Crippen molar-refractivity contribution in [1.82, 2.24) is 24.6 Å². The highest BCUT2D eigenvalue weighted by Gasteiger charge is 2.43. The van der Waals surface area contributed by atoms with Crippen LogP contribution in [0.1, 0.15) is 44.9 Å². The molecule has 0 N–H and O–H groups in total. The lowest BCUT2D eigenvalue weighted by Crippen LogP contribution is -2.38. The van der Waals surface area contributed by atoms with E-state index in [9.17, 15) is 14.4 Å². The van der Waals surface area contributed by atoms with Crippen molar-refractivity contribution in [2.45, 2.75) is 31.5 Å². The van der Waals surface area contributed by atoms with Crippen molar-refractivity contribution in [3.8, 4) is 17.3 Å². The van der Waals surface area contributed by atoms with Crippen LogP contribution in [0.2, 0.25) is 0 Å². The van der Waals surface area contributed by atoms with Crippen molar-refractivity contribution in [3.05, 3.63) is 124 Å². The molecule has 5 aromatic rings. The lowest BCUT2D eigenvalue weighted by Gasteiger charge is -2.37. The van der Waals surface area contributed by atoms with E-state index in [4.69, 9.17) is 19.2 Å². The Morgan fingerprint density at radius 3 is 2.56 bits per heavy atom. The average Bonchev–Trinajstić information content (AvgIpc) is 3.81. The van der Waals surface area contributed by atoms with Gasteiger partial charge in [0.2, 0.25) is 0 Å². The Bertz CT molecular complexity index is 1870. The van der Waals surface area contributed by atoms with Crippen LogP contribution < -0.4 is 0 Å². The van der Waals surface area contributed by atoms with Crippen molar-refractivity contribution < 1.29 is 27.8 Å². The van der Waals surface area contributed by atoms with Gasteiger partial charge < -0.3 is 14.2 Å². The van der Waals surface area contributed by atoms with Gasteiger partial charge in [-0.05, 0) is 42.8 Å². The first-order chi connectivity index (χ1) is 23.3. The number of benzene rings is 3. The first kappa shape index (κ1) is 33.0. The van der Waals surface area contributed by atoms with Gasteiger partial charge in [0.05, 0.1) is 48.6 Å². The zero-order chi connectivity index (χ0) is 33.5. The van der Waals surface area contributed by atoms with Gasteiger partial charge in [-0.25, -0.2) is 23.5 Å². The maximum Gasteiger partial charge on any atom is 0.340 e. The molecule has 10 nitrogen and oxygen atoms in total. The largest absolute Gasteiger partial charge is 0.435 e. The second-order valence-corrected chi connectivity index (χ2v) is 12.3. The van der Waals surface area contributed by atoms with Crippen molar-refractivity contribution in [2.24, 2.45) is 0 Å². The van der Waals surface area contributed by atoms with Gasteiger partial charge in [0.1, 0.15) is 34.9 Å². The molecule has 0 bridgehead atoms. The summed E-state index contributed by atoms with van der Waals surface area (Å²) in [5.74, 6) is -2.88. The number of morpholine rings is 1. The van der Waals surface area contributed by atoms with Crippen molar-refractivity contribution in [3.63, 3.8) is 0 Å². The molecule has 48 heavy (non-hydrogen) atoms. The van der Waals surface area contributed by atoms with Gasteiger partial charge in [-0.15, -0.1) is 11.3 Å². The fraction of sp³-hybridized carbons (Fsp3) is 0.286. The second kappa shape index (κ2) is 14.9. The second-order valence-electron chi connectivity index (χ2n) is 11.4. The molecule has 2 aromatic heterocycles. The van der Waals surface area contributed by atoms with E-state index in [2.05, 4.69) is 21.1 Å². The first-order valence-corrected chi connectivity index (χ1v) is 16.1. The fourth-order valence-electron chi connectivity index (χ4n) is 5.61. The highest BCUT2D eigenvalue weighted by atomic mass is 32.1. The molecule has 3 heterocycles. The van der Waals surface area contributed by atoms with Crippen LogP contribution in [0.3, 0.4) is 0 Å². The number of nitriles is 1. The third-order valence-corrected chi connectivity index (χ3v) is 9.30. The molecule has 6 rings (SSSR count). The van der Waals surface area contributed by atoms with Gasteiger partial charge in [0.15, 0.2) is 6.79 Å². The average molecular weight is 671 g/mol. The topological polar surface area (TPSA) is 115 Å². The Labute approximate surface area is 280 Å². The molecule has 0 aliphatic carbocycles. The summed E-state index contributed by atoms with van der Waals surface area (Å²) in [6, 6.07) is 19.5. The number of hydrogen-bond donors (Lipinski definition) is 0. The standard InChI is InChI=1S/C35H32F2N6O4S/c1-35(29-11-10-28(36)16-31(29)37,47-23-46-34(44)27-8-4-25(5-9-27)18-42-12-14-45-15-13-42)30(19-43-22-39-21-40-43)33-41-32(20-48-33)26-6-2-24(17-38)3-7-26/h2-11,16,20-22,30H,12-15,18-19,23H2,1H3/t30-,35-/m0/s1. The summed E-state index contributed by atoms with van der Waals surface area (Å²) >= 11 is 1.33. The van der Waals surface area contributed by atoms with Crippen LogP contribution in [-0.4, -0.2) is 63.7 Å². The number of ether oxygens (including phenoxy) is 3. The molecule has 1 saturated heterocycles. The molecule has 13 heteroatoms. The maximum atomic E-state index is 15.6. The number of hydrogen-bond acceptors (Lipinski definition) is 10. The lowest BCUT2D eigenvalue weighted by atomic mass is 9.82. The number of esters is 1. The van der Waals surface area contributed by atoms with E-state index in [0.717, 1.165) is 42.9 Å². The van der Waals surface area contributed by atoms with Crippen LogP contribution in [0.4, 0.5) is 8.78 Å². The number of carbonyl (C=O) groups is 1. The molecular formula is C35H32F2N6O4S.